The zero-order valence-corrected chi connectivity index (χ0v) is 20.5. The number of carbonyl (C=O) groups excluding carboxylic acids is 1. The summed E-state index contributed by atoms with van der Waals surface area (Å²) >= 11 is 0. The maximum Gasteiger partial charge on any atom is 0.330 e. The van der Waals surface area contributed by atoms with E-state index in [-0.39, 0.29) is 24.8 Å². The molecule has 0 amide bonds. The standard InChI is InChI=1S/C15H28O2.C4H6O2.C4H8.C2H6O2/c1-3-5-6-7-8-9-10-11-12-13-14-17-15(16)4-2;1-3(2)4(5)6;1-4(2)3;3-1-2-4/h4H,2-3,5-14H2,1H3;1H2,2H3,(H,5,6);1H2,2-3H3;3-4H,1-2H2. The van der Waals surface area contributed by atoms with E-state index in [2.05, 4.69) is 26.7 Å². The lowest BCUT2D eigenvalue weighted by Gasteiger charge is -2.03. The molecule has 0 aliphatic carbocycles. The Hall–Kier alpha value is -1.92. The molecule has 184 valence electrons. The number of ether oxygens (including phenoxy) is 1. The zero-order valence-electron chi connectivity index (χ0n) is 20.5. The average molecular weight is 445 g/mol. The maximum absolute atomic E-state index is 10.7. The van der Waals surface area contributed by atoms with E-state index in [4.69, 9.17) is 20.1 Å². The zero-order chi connectivity index (χ0) is 24.9. The highest BCUT2D eigenvalue weighted by molar-refractivity contribution is 5.84. The molecule has 0 radical (unpaired) electrons. The van der Waals surface area contributed by atoms with Crippen LogP contribution in [0.15, 0.2) is 37.0 Å². The number of carboxylic acids is 1. The van der Waals surface area contributed by atoms with Gasteiger partial charge in [0, 0.05) is 11.6 Å². The van der Waals surface area contributed by atoms with Crippen LogP contribution in [0.25, 0.3) is 0 Å². The molecule has 3 N–H and O–H groups in total. The lowest BCUT2D eigenvalue weighted by atomic mass is 10.1. The Morgan fingerprint density at radius 2 is 1.13 bits per heavy atom. The molecule has 0 saturated heterocycles. The van der Waals surface area contributed by atoms with Gasteiger partial charge in [-0.2, -0.15) is 0 Å². The normalized spacial score (nSPS) is 8.84. The van der Waals surface area contributed by atoms with Crippen LogP contribution in [-0.2, 0) is 14.3 Å². The van der Waals surface area contributed by atoms with Crippen molar-refractivity contribution in [3.05, 3.63) is 37.0 Å². The van der Waals surface area contributed by atoms with Gasteiger partial charge in [-0.25, -0.2) is 9.59 Å². The van der Waals surface area contributed by atoms with Crippen LogP contribution in [-0.4, -0.2) is 47.1 Å². The predicted molar refractivity (Wildman–Crippen MR) is 130 cm³/mol. The van der Waals surface area contributed by atoms with E-state index in [1.165, 1.54) is 76.4 Å². The number of carboxylic acid groups (broad SMARTS) is 1. The van der Waals surface area contributed by atoms with Crippen LogP contribution in [0.1, 0.15) is 91.9 Å². The molecule has 6 nitrogen and oxygen atoms in total. The summed E-state index contributed by atoms with van der Waals surface area (Å²) in [5.41, 5.74) is 1.34. The monoisotopic (exact) mass is 444 g/mol. The number of rotatable bonds is 14. The Balaban J connectivity index is -0.000000211. The first-order valence-corrected chi connectivity index (χ1v) is 11.1. The van der Waals surface area contributed by atoms with Crippen molar-refractivity contribution in [2.24, 2.45) is 0 Å². The minimum Gasteiger partial charge on any atom is -0.478 e. The van der Waals surface area contributed by atoms with Crippen LogP contribution in [0, 0.1) is 0 Å². The van der Waals surface area contributed by atoms with E-state index in [0.29, 0.717) is 6.61 Å². The molecule has 0 saturated carbocycles. The lowest BCUT2D eigenvalue weighted by Crippen LogP contribution is -2.01. The molecular formula is C25H48O6. The molecule has 0 fully saturated rings. The van der Waals surface area contributed by atoms with Gasteiger partial charge in [0.1, 0.15) is 0 Å². The smallest absolute Gasteiger partial charge is 0.330 e. The number of hydrogen-bond donors (Lipinski definition) is 3. The van der Waals surface area contributed by atoms with Crippen molar-refractivity contribution >= 4 is 11.9 Å². The summed E-state index contributed by atoms with van der Waals surface area (Å²) in [5.74, 6) is -1.24. The molecule has 0 atom stereocenters. The molecule has 6 heteroatoms. The number of aliphatic hydroxyl groups excluding tert-OH is 2. The predicted octanol–water partition coefficient (Wildman–Crippen LogP) is 5.84. The van der Waals surface area contributed by atoms with Crippen molar-refractivity contribution in [3.8, 4) is 0 Å². The summed E-state index contributed by atoms with van der Waals surface area (Å²) < 4.78 is 4.91. The highest BCUT2D eigenvalue weighted by atomic mass is 16.5. The van der Waals surface area contributed by atoms with Crippen molar-refractivity contribution in [1.29, 1.82) is 0 Å². The van der Waals surface area contributed by atoms with Crippen molar-refractivity contribution in [2.75, 3.05) is 19.8 Å². The topological polar surface area (TPSA) is 104 Å². The summed E-state index contributed by atoms with van der Waals surface area (Å²) in [6.07, 6.45) is 14.2. The molecule has 0 bridgehead atoms. The number of allylic oxidation sites excluding steroid dienone is 1. The van der Waals surface area contributed by atoms with Crippen LogP contribution < -0.4 is 0 Å². The van der Waals surface area contributed by atoms with Crippen LogP contribution in [0.5, 0.6) is 0 Å². The number of carbonyl (C=O) groups is 2. The maximum atomic E-state index is 10.7. The highest BCUT2D eigenvalue weighted by Crippen LogP contribution is 2.10. The highest BCUT2D eigenvalue weighted by Gasteiger charge is 1.95. The van der Waals surface area contributed by atoms with Crippen molar-refractivity contribution in [3.63, 3.8) is 0 Å². The Morgan fingerprint density at radius 3 is 1.39 bits per heavy atom. The molecule has 0 spiro atoms. The Bertz CT molecular complexity index is 425. The fourth-order valence-corrected chi connectivity index (χ4v) is 1.82. The van der Waals surface area contributed by atoms with E-state index >= 15 is 0 Å². The minimum absolute atomic E-state index is 0.125. The number of esters is 1. The van der Waals surface area contributed by atoms with E-state index in [0.717, 1.165) is 6.42 Å². The third-order valence-corrected chi connectivity index (χ3v) is 3.37. The van der Waals surface area contributed by atoms with Gasteiger partial charge < -0.3 is 20.1 Å². The van der Waals surface area contributed by atoms with Gasteiger partial charge in [0.05, 0.1) is 19.8 Å². The Kier molecular flexibility index (Phi) is 38.5. The molecule has 0 rings (SSSR count). The number of aliphatic hydroxyl groups is 2. The number of unbranched alkanes of at least 4 members (excludes halogenated alkanes) is 9. The second kappa shape index (κ2) is 32.7. The fraction of sp³-hybridized carbons (Fsp3) is 0.680. The van der Waals surface area contributed by atoms with Crippen molar-refractivity contribution < 1.29 is 29.6 Å². The first-order chi connectivity index (χ1) is 14.6. The summed E-state index contributed by atoms with van der Waals surface area (Å²) in [5, 5.41) is 23.1. The average Bonchev–Trinajstić information content (AvgIpc) is 2.71. The van der Waals surface area contributed by atoms with Gasteiger partial charge in [-0.3, -0.25) is 0 Å². The second-order valence-corrected chi connectivity index (χ2v) is 7.29. The summed E-state index contributed by atoms with van der Waals surface area (Å²) in [6.45, 7) is 18.0. The number of aliphatic carboxylic acids is 1. The van der Waals surface area contributed by atoms with E-state index in [1.807, 2.05) is 13.8 Å². The lowest BCUT2D eigenvalue weighted by molar-refractivity contribution is -0.138. The molecule has 0 aromatic heterocycles. The minimum atomic E-state index is -0.935. The molecular weight excluding hydrogens is 396 g/mol. The van der Waals surface area contributed by atoms with Crippen molar-refractivity contribution in [1.82, 2.24) is 0 Å². The first-order valence-electron chi connectivity index (χ1n) is 11.1. The quantitative estimate of drug-likeness (QED) is 0.135. The largest absolute Gasteiger partial charge is 0.478 e. The summed E-state index contributed by atoms with van der Waals surface area (Å²) in [6, 6.07) is 0. The molecule has 0 aliphatic rings. The summed E-state index contributed by atoms with van der Waals surface area (Å²) in [7, 11) is 0. The van der Waals surface area contributed by atoms with Gasteiger partial charge in [-0.1, -0.05) is 83.4 Å². The van der Waals surface area contributed by atoms with Gasteiger partial charge in [-0.15, -0.1) is 6.58 Å². The summed E-state index contributed by atoms with van der Waals surface area (Å²) in [4.78, 5) is 20.3. The second-order valence-electron chi connectivity index (χ2n) is 7.29. The molecule has 0 aliphatic heterocycles. The molecule has 0 aromatic carbocycles. The van der Waals surface area contributed by atoms with Crippen LogP contribution in [0.3, 0.4) is 0 Å². The van der Waals surface area contributed by atoms with Crippen LogP contribution in [0.4, 0.5) is 0 Å². The van der Waals surface area contributed by atoms with Crippen LogP contribution in [0.2, 0.25) is 0 Å². The Labute approximate surface area is 190 Å². The van der Waals surface area contributed by atoms with Crippen molar-refractivity contribution in [2.45, 2.75) is 91.9 Å². The van der Waals surface area contributed by atoms with Gasteiger partial charge in [0.15, 0.2) is 0 Å². The molecule has 0 heterocycles. The van der Waals surface area contributed by atoms with E-state index < -0.39 is 5.97 Å². The third-order valence-electron chi connectivity index (χ3n) is 3.37. The van der Waals surface area contributed by atoms with Crippen LogP contribution >= 0.6 is 0 Å². The molecule has 0 aromatic rings. The number of hydrogen-bond acceptors (Lipinski definition) is 5. The van der Waals surface area contributed by atoms with Gasteiger partial charge in [-0.05, 0) is 27.2 Å². The van der Waals surface area contributed by atoms with Gasteiger partial charge in [0.25, 0.3) is 0 Å². The first kappa shape index (κ1) is 36.5. The van der Waals surface area contributed by atoms with Gasteiger partial charge >= 0.3 is 11.9 Å². The SMILES string of the molecule is C=C(C)C.C=C(C)C(=O)O.C=CC(=O)OCCCCCCCCCCCC.OCCO. The third kappa shape index (κ3) is 58.4. The van der Waals surface area contributed by atoms with Gasteiger partial charge in [0.2, 0.25) is 0 Å². The Morgan fingerprint density at radius 1 is 0.806 bits per heavy atom. The fourth-order valence-electron chi connectivity index (χ4n) is 1.82. The molecule has 31 heavy (non-hydrogen) atoms. The van der Waals surface area contributed by atoms with E-state index in [1.54, 1.807) is 0 Å². The van der Waals surface area contributed by atoms with E-state index in [9.17, 15) is 9.59 Å². The molecule has 0 unspecified atom stereocenters.